The van der Waals surface area contributed by atoms with E-state index in [9.17, 15) is 14.4 Å². The monoisotopic (exact) mass is 408 g/mol. The van der Waals surface area contributed by atoms with Crippen LogP contribution in [-0.4, -0.2) is 42.1 Å². The van der Waals surface area contributed by atoms with E-state index in [2.05, 4.69) is 10.3 Å². The Labute approximate surface area is 172 Å². The summed E-state index contributed by atoms with van der Waals surface area (Å²) in [6, 6.07) is 12.2. The number of benzene rings is 2. The van der Waals surface area contributed by atoms with Crippen LogP contribution >= 0.6 is 0 Å². The fourth-order valence-electron chi connectivity index (χ4n) is 3.38. The first-order valence-corrected chi connectivity index (χ1v) is 9.43. The van der Waals surface area contributed by atoms with Crippen LogP contribution in [0.3, 0.4) is 0 Å². The Balaban J connectivity index is 1.36. The van der Waals surface area contributed by atoms with E-state index >= 15 is 0 Å². The number of aromatic amines is 1. The Morgan fingerprint density at radius 2 is 1.90 bits per heavy atom. The van der Waals surface area contributed by atoms with Crippen LogP contribution < -0.4 is 14.8 Å². The van der Waals surface area contributed by atoms with E-state index in [0.29, 0.717) is 28.3 Å². The lowest BCUT2D eigenvalue weighted by Gasteiger charge is -2.13. The molecule has 4 rings (SSSR count). The fraction of sp³-hybridized carbons (Fsp3) is 0.227. The van der Waals surface area contributed by atoms with Crippen molar-refractivity contribution in [1.82, 2.24) is 10.3 Å². The normalized spacial score (nSPS) is 13.1. The van der Waals surface area contributed by atoms with Crippen molar-refractivity contribution >= 4 is 28.6 Å². The Hall–Kier alpha value is -3.81. The third kappa shape index (κ3) is 3.71. The summed E-state index contributed by atoms with van der Waals surface area (Å²) in [5.41, 5.74) is 2.37. The second kappa shape index (κ2) is 7.90. The number of carbonyl (C=O) groups excluding carboxylic acids is 3. The molecule has 0 saturated heterocycles. The molecule has 0 spiro atoms. The predicted octanol–water partition coefficient (Wildman–Crippen LogP) is 2.75. The highest BCUT2D eigenvalue weighted by Crippen LogP contribution is 2.32. The topological polar surface area (TPSA) is 107 Å². The second-order valence-electron chi connectivity index (χ2n) is 6.92. The molecule has 0 fully saturated rings. The second-order valence-corrected chi connectivity index (χ2v) is 6.92. The van der Waals surface area contributed by atoms with Crippen molar-refractivity contribution in [2.75, 3.05) is 13.3 Å². The third-order valence-corrected chi connectivity index (χ3v) is 4.85. The summed E-state index contributed by atoms with van der Waals surface area (Å²) in [6.07, 6.45) is -0.988. The highest BCUT2D eigenvalue weighted by molar-refractivity contribution is 6.11. The highest BCUT2D eigenvalue weighted by atomic mass is 16.7. The third-order valence-electron chi connectivity index (χ3n) is 4.85. The lowest BCUT2D eigenvalue weighted by molar-refractivity contribution is -0.145. The van der Waals surface area contributed by atoms with E-state index in [-0.39, 0.29) is 19.1 Å². The zero-order valence-electron chi connectivity index (χ0n) is 16.5. The lowest BCUT2D eigenvalue weighted by Crippen LogP contribution is -2.34. The Morgan fingerprint density at radius 1 is 1.13 bits per heavy atom. The van der Waals surface area contributed by atoms with Gasteiger partial charge in [-0.25, -0.2) is 0 Å². The van der Waals surface area contributed by atoms with Gasteiger partial charge in [0, 0.05) is 27.7 Å². The first-order valence-electron chi connectivity index (χ1n) is 9.43. The number of nitrogens with one attached hydrogen (secondary N) is 2. The Bertz CT molecular complexity index is 1150. The standard InChI is InChI=1S/C22H20N2O6/c1-12-20(15-5-3-4-6-16(15)24-12)21(26)13(2)30-19(25)10-23-22(27)14-7-8-17-18(9-14)29-11-28-17/h3-9,13,24H,10-11H2,1-2H3,(H,23,27). The maximum absolute atomic E-state index is 12.8. The van der Waals surface area contributed by atoms with Gasteiger partial charge in [0.1, 0.15) is 6.54 Å². The molecule has 2 N–H and O–H groups in total. The molecule has 3 aromatic rings. The number of H-pyrrole nitrogens is 1. The number of carbonyl (C=O) groups is 3. The Kier molecular flexibility index (Phi) is 5.14. The molecule has 1 aliphatic rings. The summed E-state index contributed by atoms with van der Waals surface area (Å²) in [5, 5.41) is 3.26. The predicted molar refractivity (Wildman–Crippen MR) is 108 cm³/mol. The summed E-state index contributed by atoms with van der Waals surface area (Å²) < 4.78 is 15.7. The molecule has 1 aliphatic heterocycles. The van der Waals surface area contributed by atoms with E-state index in [1.807, 2.05) is 24.3 Å². The van der Waals surface area contributed by atoms with Gasteiger partial charge in [0.25, 0.3) is 5.91 Å². The molecule has 0 bridgehead atoms. The van der Waals surface area contributed by atoms with Gasteiger partial charge in [0.05, 0.1) is 0 Å². The summed E-state index contributed by atoms with van der Waals surface area (Å²) in [5.74, 6) is -0.441. The number of fused-ring (bicyclic) bond motifs is 2. The van der Waals surface area contributed by atoms with Crippen LogP contribution in [0.1, 0.15) is 33.3 Å². The van der Waals surface area contributed by atoms with Gasteiger partial charge < -0.3 is 24.5 Å². The van der Waals surface area contributed by atoms with Gasteiger partial charge >= 0.3 is 5.97 Å². The number of esters is 1. The van der Waals surface area contributed by atoms with Crippen molar-refractivity contribution in [2.24, 2.45) is 0 Å². The Morgan fingerprint density at radius 3 is 2.73 bits per heavy atom. The summed E-state index contributed by atoms with van der Waals surface area (Å²) >= 11 is 0. The molecule has 1 amide bonds. The quantitative estimate of drug-likeness (QED) is 0.480. The molecule has 0 radical (unpaired) electrons. The molecular weight excluding hydrogens is 388 g/mol. The average Bonchev–Trinajstić information content (AvgIpc) is 3.33. The van der Waals surface area contributed by atoms with E-state index in [0.717, 1.165) is 10.9 Å². The van der Waals surface area contributed by atoms with Crippen LogP contribution in [0.5, 0.6) is 11.5 Å². The number of ether oxygens (including phenoxy) is 3. The number of hydrogen-bond donors (Lipinski definition) is 2. The minimum absolute atomic E-state index is 0.106. The van der Waals surface area contributed by atoms with E-state index < -0.39 is 18.0 Å². The van der Waals surface area contributed by atoms with Crippen molar-refractivity contribution in [3.63, 3.8) is 0 Å². The van der Waals surface area contributed by atoms with Crippen molar-refractivity contribution in [1.29, 1.82) is 0 Å². The van der Waals surface area contributed by atoms with Crippen molar-refractivity contribution in [3.8, 4) is 11.5 Å². The van der Waals surface area contributed by atoms with Gasteiger partial charge in [0.2, 0.25) is 12.6 Å². The molecule has 154 valence electrons. The number of amides is 1. The minimum atomic E-state index is -0.988. The van der Waals surface area contributed by atoms with Crippen molar-refractivity contribution in [3.05, 3.63) is 59.3 Å². The van der Waals surface area contributed by atoms with Crippen molar-refractivity contribution in [2.45, 2.75) is 20.0 Å². The highest BCUT2D eigenvalue weighted by Gasteiger charge is 2.24. The summed E-state index contributed by atoms with van der Waals surface area (Å²) in [6.45, 7) is 3.06. The van der Waals surface area contributed by atoms with Gasteiger partial charge in [-0.2, -0.15) is 0 Å². The molecule has 30 heavy (non-hydrogen) atoms. The molecule has 1 atom stereocenters. The lowest BCUT2D eigenvalue weighted by atomic mass is 10.0. The molecule has 8 nitrogen and oxygen atoms in total. The fourth-order valence-corrected chi connectivity index (χ4v) is 3.38. The number of rotatable bonds is 6. The first kappa shape index (κ1) is 19.5. The van der Waals surface area contributed by atoms with Gasteiger partial charge in [-0.3, -0.25) is 14.4 Å². The van der Waals surface area contributed by atoms with E-state index in [1.54, 1.807) is 19.1 Å². The first-order chi connectivity index (χ1) is 14.4. The molecule has 8 heteroatoms. The maximum atomic E-state index is 12.8. The summed E-state index contributed by atoms with van der Waals surface area (Å²) in [7, 11) is 0. The van der Waals surface area contributed by atoms with Crippen LogP contribution in [-0.2, 0) is 9.53 Å². The van der Waals surface area contributed by atoms with E-state index in [4.69, 9.17) is 14.2 Å². The van der Waals surface area contributed by atoms with Crippen LogP contribution in [0.15, 0.2) is 42.5 Å². The van der Waals surface area contributed by atoms with Gasteiger partial charge in [0.15, 0.2) is 17.6 Å². The van der Waals surface area contributed by atoms with Crippen LogP contribution in [0.25, 0.3) is 10.9 Å². The molecule has 0 aliphatic carbocycles. The number of para-hydroxylation sites is 1. The van der Waals surface area contributed by atoms with Crippen LogP contribution in [0.2, 0.25) is 0 Å². The van der Waals surface area contributed by atoms with Gasteiger partial charge in [-0.1, -0.05) is 18.2 Å². The molecule has 1 aromatic heterocycles. The van der Waals surface area contributed by atoms with E-state index in [1.165, 1.54) is 13.0 Å². The number of ketones is 1. The zero-order chi connectivity index (χ0) is 21.3. The molecule has 0 saturated carbocycles. The molecule has 2 heterocycles. The zero-order valence-corrected chi connectivity index (χ0v) is 16.5. The van der Waals surface area contributed by atoms with Crippen molar-refractivity contribution < 1.29 is 28.6 Å². The number of aromatic nitrogens is 1. The largest absolute Gasteiger partial charge is 0.454 e. The molecule has 2 aromatic carbocycles. The number of hydrogen-bond acceptors (Lipinski definition) is 6. The van der Waals surface area contributed by atoms with Gasteiger partial charge in [-0.15, -0.1) is 0 Å². The number of aryl methyl sites for hydroxylation is 1. The van der Waals surface area contributed by atoms with Crippen LogP contribution in [0, 0.1) is 6.92 Å². The van der Waals surface area contributed by atoms with Crippen LogP contribution in [0.4, 0.5) is 0 Å². The smallest absolute Gasteiger partial charge is 0.326 e. The van der Waals surface area contributed by atoms with Gasteiger partial charge in [-0.05, 0) is 38.1 Å². The summed E-state index contributed by atoms with van der Waals surface area (Å²) in [4.78, 5) is 40.4. The minimum Gasteiger partial charge on any atom is -0.454 e. The average molecular weight is 408 g/mol. The number of Topliss-reactive ketones (excluding diaryl/α,β-unsaturated/α-hetero) is 1. The maximum Gasteiger partial charge on any atom is 0.326 e. The SMILES string of the molecule is Cc1[nH]c2ccccc2c1C(=O)C(C)OC(=O)CNC(=O)c1ccc2c(c1)OCO2. The molecule has 1 unspecified atom stereocenters. The molecular formula is C22H20N2O6.